The Morgan fingerprint density at radius 3 is 2.70 bits per heavy atom. The van der Waals surface area contributed by atoms with Gasteiger partial charge >= 0.3 is 0 Å². The normalized spacial score (nSPS) is 15.8. The van der Waals surface area contributed by atoms with Crippen molar-refractivity contribution >= 4 is 15.9 Å². The molecule has 1 aliphatic heterocycles. The van der Waals surface area contributed by atoms with E-state index in [4.69, 9.17) is 8.94 Å². The molecule has 0 saturated carbocycles. The minimum Gasteiger partial charge on any atom is -0.459 e. The lowest BCUT2D eigenvalue weighted by atomic mass is 10.2. The van der Waals surface area contributed by atoms with E-state index in [1.807, 2.05) is 0 Å². The van der Waals surface area contributed by atoms with Gasteiger partial charge in [-0.05, 0) is 24.3 Å². The van der Waals surface area contributed by atoms with E-state index >= 15 is 0 Å². The molecule has 1 aromatic carbocycles. The lowest BCUT2D eigenvalue weighted by molar-refractivity contribution is 0.0862. The van der Waals surface area contributed by atoms with Crippen molar-refractivity contribution in [2.75, 3.05) is 0 Å². The molecule has 0 radical (unpaired) electrons. The number of amides is 1. The smallest absolute Gasteiger partial charge is 0.293 e. The molecule has 0 aliphatic carbocycles. The van der Waals surface area contributed by atoms with Crippen LogP contribution in [0.5, 0.6) is 0 Å². The molecule has 0 spiro atoms. The Labute approximate surface area is 130 Å². The lowest BCUT2D eigenvalue weighted by Gasteiger charge is -2.11. The number of carbonyl (C=O) groups excluding carboxylic acids is 1. The van der Waals surface area contributed by atoms with Crippen LogP contribution in [0.2, 0.25) is 0 Å². The minimum absolute atomic E-state index is 0.0141. The Bertz CT molecular complexity index is 991. The van der Waals surface area contributed by atoms with Gasteiger partial charge < -0.3 is 8.94 Å². The van der Waals surface area contributed by atoms with Crippen LogP contribution in [0.25, 0.3) is 11.7 Å². The van der Waals surface area contributed by atoms with Crippen LogP contribution in [0, 0.1) is 0 Å². The first kappa shape index (κ1) is 13.7. The van der Waals surface area contributed by atoms with Gasteiger partial charge in [0.2, 0.25) is 0 Å². The van der Waals surface area contributed by atoms with Crippen LogP contribution in [0.1, 0.15) is 16.2 Å². The van der Waals surface area contributed by atoms with Gasteiger partial charge in [0, 0.05) is 0 Å². The molecule has 0 bridgehead atoms. The average Bonchev–Trinajstić information content (AvgIpc) is 3.25. The number of rotatable bonds is 3. The predicted molar refractivity (Wildman–Crippen MR) is 75.5 cm³/mol. The third kappa shape index (κ3) is 2.05. The van der Waals surface area contributed by atoms with Gasteiger partial charge in [-0.1, -0.05) is 17.3 Å². The molecule has 1 aliphatic rings. The van der Waals surface area contributed by atoms with Gasteiger partial charge in [0.05, 0.1) is 11.8 Å². The van der Waals surface area contributed by atoms with Crippen LogP contribution >= 0.6 is 0 Å². The summed E-state index contributed by atoms with van der Waals surface area (Å²) in [6.07, 6.45) is 1.45. The molecule has 3 aromatic rings. The largest absolute Gasteiger partial charge is 0.459 e. The van der Waals surface area contributed by atoms with E-state index in [1.165, 1.54) is 18.4 Å². The molecule has 2 aromatic heterocycles. The minimum atomic E-state index is -3.90. The van der Waals surface area contributed by atoms with Crippen molar-refractivity contribution in [3.8, 4) is 11.7 Å². The third-order valence-electron chi connectivity index (χ3n) is 3.40. The Balaban J connectivity index is 1.67. The number of fused-ring (bicyclic) bond motifs is 1. The number of sulfonamides is 1. The predicted octanol–water partition coefficient (Wildman–Crippen LogP) is 1.67. The molecule has 23 heavy (non-hydrogen) atoms. The van der Waals surface area contributed by atoms with E-state index in [2.05, 4.69) is 10.1 Å². The molecule has 0 unspecified atom stereocenters. The highest BCUT2D eigenvalue weighted by atomic mass is 32.2. The maximum Gasteiger partial charge on any atom is 0.293 e. The first-order chi connectivity index (χ1) is 11.1. The van der Waals surface area contributed by atoms with Gasteiger partial charge in [-0.3, -0.25) is 4.79 Å². The molecule has 1 amide bonds. The standard InChI is InChI=1S/C14H9N3O5S/c18-14-9-4-1-2-6-11(9)23(19,20)17(14)8-12-15-13(22-16-12)10-5-3-7-21-10/h1-7H,8H2. The zero-order valence-corrected chi connectivity index (χ0v) is 12.4. The van der Waals surface area contributed by atoms with Crippen LogP contribution in [0.4, 0.5) is 0 Å². The Morgan fingerprint density at radius 1 is 1.13 bits per heavy atom. The monoisotopic (exact) mass is 331 g/mol. The fourth-order valence-corrected chi connectivity index (χ4v) is 3.86. The highest BCUT2D eigenvalue weighted by molar-refractivity contribution is 7.90. The zero-order valence-electron chi connectivity index (χ0n) is 11.5. The first-order valence-corrected chi connectivity index (χ1v) is 8.04. The summed E-state index contributed by atoms with van der Waals surface area (Å²) in [5.41, 5.74) is 0.141. The van der Waals surface area contributed by atoms with E-state index in [0.29, 0.717) is 5.76 Å². The van der Waals surface area contributed by atoms with E-state index in [1.54, 1.807) is 24.3 Å². The SMILES string of the molecule is O=C1c2ccccc2S(=O)(=O)N1Cc1noc(-c2ccco2)n1. The molecule has 9 heteroatoms. The highest BCUT2D eigenvalue weighted by Crippen LogP contribution is 2.31. The van der Waals surface area contributed by atoms with Crippen molar-refractivity contribution in [1.29, 1.82) is 0 Å². The molecular weight excluding hydrogens is 322 g/mol. The zero-order chi connectivity index (χ0) is 16.0. The summed E-state index contributed by atoms with van der Waals surface area (Å²) in [5.74, 6) is -0.0553. The summed E-state index contributed by atoms with van der Waals surface area (Å²) in [5, 5.41) is 3.69. The summed E-state index contributed by atoms with van der Waals surface area (Å²) >= 11 is 0. The van der Waals surface area contributed by atoms with Crippen molar-refractivity contribution in [3.05, 3.63) is 54.0 Å². The number of furan rings is 1. The van der Waals surface area contributed by atoms with Gasteiger partial charge in [0.1, 0.15) is 11.4 Å². The van der Waals surface area contributed by atoms with Crippen LogP contribution in [0.15, 0.2) is 56.5 Å². The lowest BCUT2D eigenvalue weighted by Crippen LogP contribution is -2.29. The maximum atomic E-state index is 12.4. The molecule has 0 fully saturated rings. The van der Waals surface area contributed by atoms with Gasteiger partial charge in [0.15, 0.2) is 11.6 Å². The number of hydrogen-bond acceptors (Lipinski definition) is 7. The summed E-state index contributed by atoms with van der Waals surface area (Å²) in [6.45, 7) is -0.306. The van der Waals surface area contributed by atoms with E-state index in [9.17, 15) is 13.2 Å². The maximum absolute atomic E-state index is 12.4. The molecule has 0 saturated heterocycles. The molecule has 0 N–H and O–H groups in total. The Kier molecular flexibility index (Phi) is 2.85. The third-order valence-corrected chi connectivity index (χ3v) is 5.18. The fraction of sp³-hybridized carbons (Fsp3) is 0.0714. The molecule has 0 atom stereocenters. The van der Waals surface area contributed by atoms with E-state index < -0.39 is 15.9 Å². The molecule has 4 rings (SSSR count). The van der Waals surface area contributed by atoms with Crippen molar-refractivity contribution < 1.29 is 22.2 Å². The summed E-state index contributed by atoms with van der Waals surface area (Å²) in [4.78, 5) is 16.3. The summed E-state index contributed by atoms with van der Waals surface area (Å²) in [7, 11) is -3.90. The Hall–Kier alpha value is -2.94. The number of benzene rings is 1. The first-order valence-electron chi connectivity index (χ1n) is 6.60. The molecule has 3 heterocycles. The van der Waals surface area contributed by atoms with Crippen molar-refractivity contribution in [3.63, 3.8) is 0 Å². The van der Waals surface area contributed by atoms with Crippen molar-refractivity contribution in [2.45, 2.75) is 11.4 Å². The van der Waals surface area contributed by atoms with Gasteiger partial charge in [-0.15, -0.1) is 0 Å². The van der Waals surface area contributed by atoms with E-state index in [0.717, 1.165) is 4.31 Å². The summed E-state index contributed by atoms with van der Waals surface area (Å²) < 4.78 is 35.7. The number of hydrogen-bond donors (Lipinski definition) is 0. The van der Waals surface area contributed by atoms with Crippen molar-refractivity contribution in [2.24, 2.45) is 0 Å². The Morgan fingerprint density at radius 2 is 1.96 bits per heavy atom. The number of carbonyl (C=O) groups is 1. The van der Waals surface area contributed by atoms with Gasteiger partial charge in [-0.2, -0.15) is 4.98 Å². The van der Waals surface area contributed by atoms with Crippen LogP contribution in [-0.4, -0.2) is 28.8 Å². The van der Waals surface area contributed by atoms with Gasteiger partial charge in [-0.25, -0.2) is 12.7 Å². The number of nitrogens with zero attached hydrogens (tertiary/aromatic N) is 3. The second-order valence-electron chi connectivity index (χ2n) is 4.81. The second-order valence-corrected chi connectivity index (χ2v) is 6.64. The topological polar surface area (TPSA) is 107 Å². The van der Waals surface area contributed by atoms with Crippen LogP contribution in [0.3, 0.4) is 0 Å². The van der Waals surface area contributed by atoms with Crippen LogP contribution < -0.4 is 0 Å². The highest BCUT2D eigenvalue weighted by Gasteiger charge is 2.41. The summed E-state index contributed by atoms with van der Waals surface area (Å²) in [6, 6.07) is 9.33. The molecule has 116 valence electrons. The van der Waals surface area contributed by atoms with E-state index in [-0.39, 0.29) is 28.7 Å². The molecule has 8 nitrogen and oxygen atoms in total. The van der Waals surface area contributed by atoms with Crippen molar-refractivity contribution in [1.82, 2.24) is 14.4 Å². The van der Waals surface area contributed by atoms with Crippen LogP contribution in [-0.2, 0) is 16.6 Å². The average molecular weight is 331 g/mol. The quantitative estimate of drug-likeness (QED) is 0.718. The second kappa shape index (κ2) is 4.78. The van der Waals surface area contributed by atoms with Gasteiger partial charge in [0.25, 0.3) is 21.8 Å². The molecular formula is C14H9N3O5S. The fourth-order valence-electron chi connectivity index (χ4n) is 2.33. The number of aromatic nitrogens is 2.